The van der Waals surface area contributed by atoms with E-state index in [9.17, 15) is 4.79 Å². The fourth-order valence-corrected chi connectivity index (χ4v) is 1.58. The van der Waals surface area contributed by atoms with Gasteiger partial charge in [0, 0.05) is 19.7 Å². The first kappa shape index (κ1) is 11.4. The van der Waals surface area contributed by atoms with Crippen molar-refractivity contribution in [1.29, 1.82) is 0 Å². The molecule has 14 heavy (non-hydrogen) atoms. The Bertz CT molecular complexity index is 193. The number of aliphatic carboxylic acids is 1. The summed E-state index contributed by atoms with van der Waals surface area (Å²) < 4.78 is 4.87. The number of hydrogen-bond acceptors (Lipinski definition) is 4. The first-order chi connectivity index (χ1) is 6.70. The van der Waals surface area contributed by atoms with Crippen LogP contribution in [0.4, 0.5) is 0 Å². The third-order valence-corrected chi connectivity index (χ3v) is 2.38. The maximum atomic E-state index is 10.9. The van der Waals surface area contributed by atoms with Crippen molar-refractivity contribution in [3.63, 3.8) is 0 Å². The van der Waals surface area contributed by atoms with Crippen LogP contribution in [0.2, 0.25) is 0 Å². The highest BCUT2D eigenvalue weighted by molar-refractivity contribution is 5.73. The van der Waals surface area contributed by atoms with E-state index in [0.29, 0.717) is 12.6 Å². The predicted octanol–water partition coefficient (Wildman–Crippen LogP) is -0.457. The molecule has 0 aliphatic heterocycles. The number of methoxy groups -OCH3 is 1. The topological polar surface area (TPSA) is 70.0 Å². The molecule has 0 radical (unpaired) electrons. The molecule has 0 spiro atoms. The molecule has 2 N–H and O–H groups in total. The van der Waals surface area contributed by atoms with Crippen LogP contribution < -0.4 is 0 Å². The fourth-order valence-electron chi connectivity index (χ4n) is 1.58. The SMILES string of the molecule is COCC(C(=O)O)N(CCO)C1CC1. The zero-order valence-electron chi connectivity index (χ0n) is 8.35. The summed E-state index contributed by atoms with van der Waals surface area (Å²) in [4.78, 5) is 12.7. The van der Waals surface area contributed by atoms with Crippen LogP contribution in [0.1, 0.15) is 12.8 Å². The smallest absolute Gasteiger partial charge is 0.323 e. The van der Waals surface area contributed by atoms with Crippen molar-refractivity contribution < 1.29 is 19.7 Å². The highest BCUT2D eigenvalue weighted by Crippen LogP contribution is 2.28. The van der Waals surface area contributed by atoms with Crippen LogP contribution in [0.15, 0.2) is 0 Å². The van der Waals surface area contributed by atoms with E-state index in [1.165, 1.54) is 7.11 Å². The number of carboxylic acids is 1. The Morgan fingerprint density at radius 2 is 2.29 bits per heavy atom. The quantitative estimate of drug-likeness (QED) is 0.586. The monoisotopic (exact) mass is 203 g/mol. The standard InChI is InChI=1S/C9H17NO4/c1-14-6-8(9(12)13)10(4-5-11)7-2-3-7/h7-8,11H,2-6H2,1H3,(H,12,13). The normalized spacial score (nSPS) is 18.5. The Labute approximate surface area is 83.3 Å². The van der Waals surface area contributed by atoms with Crippen molar-refractivity contribution in [3.05, 3.63) is 0 Å². The lowest BCUT2D eigenvalue weighted by atomic mass is 10.2. The van der Waals surface area contributed by atoms with Crippen LogP contribution in [-0.2, 0) is 9.53 Å². The summed E-state index contributed by atoms with van der Waals surface area (Å²) in [6.07, 6.45) is 2.04. The van der Waals surface area contributed by atoms with Gasteiger partial charge in [0.05, 0.1) is 13.2 Å². The molecule has 0 saturated heterocycles. The first-order valence-corrected chi connectivity index (χ1v) is 4.79. The minimum atomic E-state index is -0.882. The van der Waals surface area contributed by atoms with Gasteiger partial charge in [-0.2, -0.15) is 0 Å². The number of ether oxygens (including phenoxy) is 1. The van der Waals surface area contributed by atoms with Gasteiger partial charge in [-0.25, -0.2) is 0 Å². The van der Waals surface area contributed by atoms with Gasteiger partial charge in [-0.05, 0) is 12.8 Å². The Morgan fingerprint density at radius 1 is 1.64 bits per heavy atom. The van der Waals surface area contributed by atoms with Crippen molar-refractivity contribution in [3.8, 4) is 0 Å². The van der Waals surface area contributed by atoms with Crippen molar-refractivity contribution in [2.24, 2.45) is 0 Å². The Morgan fingerprint density at radius 3 is 2.64 bits per heavy atom. The second kappa shape index (κ2) is 5.29. The Hall–Kier alpha value is -0.650. The lowest BCUT2D eigenvalue weighted by Gasteiger charge is -2.27. The van der Waals surface area contributed by atoms with Crippen molar-refractivity contribution in [1.82, 2.24) is 4.90 Å². The molecule has 1 fully saturated rings. The molecule has 1 aliphatic rings. The maximum Gasteiger partial charge on any atom is 0.323 e. The van der Waals surface area contributed by atoms with Gasteiger partial charge in [-0.1, -0.05) is 0 Å². The molecule has 1 unspecified atom stereocenters. The molecular weight excluding hydrogens is 186 g/mol. The highest BCUT2D eigenvalue weighted by Gasteiger charge is 2.36. The van der Waals surface area contributed by atoms with Crippen LogP contribution >= 0.6 is 0 Å². The molecular formula is C9H17NO4. The zero-order chi connectivity index (χ0) is 10.6. The van der Waals surface area contributed by atoms with Crippen molar-refractivity contribution >= 4 is 5.97 Å². The van der Waals surface area contributed by atoms with E-state index in [1.54, 1.807) is 0 Å². The second-order valence-electron chi connectivity index (χ2n) is 3.50. The molecule has 0 aromatic rings. The minimum Gasteiger partial charge on any atom is -0.480 e. The van der Waals surface area contributed by atoms with Gasteiger partial charge in [0.15, 0.2) is 0 Å². The van der Waals surface area contributed by atoms with Crippen LogP contribution in [0, 0.1) is 0 Å². The van der Waals surface area contributed by atoms with E-state index >= 15 is 0 Å². The summed E-state index contributed by atoms with van der Waals surface area (Å²) in [5.41, 5.74) is 0. The van der Waals surface area contributed by atoms with Crippen LogP contribution in [0.25, 0.3) is 0 Å². The number of aliphatic hydroxyl groups is 1. The number of hydrogen-bond donors (Lipinski definition) is 2. The largest absolute Gasteiger partial charge is 0.480 e. The Balaban J connectivity index is 2.55. The minimum absolute atomic E-state index is 0.00993. The third-order valence-electron chi connectivity index (χ3n) is 2.38. The van der Waals surface area contributed by atoms with E-state index in [2.05, 4.69) is 0 Å². The number of carboxylic acid groups (broad SMARTS) is 1. The van der Waals surface area contributed by atoms with Gasteiger partial charge in [-0.3, -0.25) is 9.69 Å². The number of rotatable bonds is 7. The summed E-state index contributed by atoms with van der Waals surface area (Å²) >= 11 is 0. The van der Waals surface area contributed by atoms with Crippen LogP contribution in [0.3, 0.4) is 0 Å². The summed E-state index contributed by atoms with van der Waals surface area (Å²) in [6.45, 7) is 0.570. The van der Waals surface area contributed by atoms with Crippen molar-refractivity contribution in [2.75, 3.05) is 26.9 Å². The van der Waals surface area contributed by atoms with E-state index < -0.39 is 12.0 Å². The summed E-state index contributed by atoms with van der Waals surface area (Å²) in [5, 5.41) is 17.8. The number of carbonyl (C=O) groups is 1. The molecule has 1 rings (SSSR count). The lowest BCUT2D eigenvalue weighted by Crippen LogP contribution is -2.46. The zero-order valence-corrected chi connectivity index (χ0v) is 8.35. The molecule has 1 atom stereocenters. The third kappa shape index (κ3) is 2.94. The maximum absolute atomic E-state index is 10.9. The highest BCUT2D eigenvalue weighted by atomic mass is 16.5. The molecule has 0 heterocycles. The molecule has 82 valence electrons. The average Bonchev–Trinajstić information content (AvgIpc) is 2.94. The van der Waals surface area contributed by atoms with E-state index in [-0.39, 0.29) is 13.2 Å². The van der Waals surface area contributed by atoms with E-state index in [1.807, 2.05) is 4.90 Å². The summed E-state index contributed by atoms with van der Waals surface area (Å²) in [5.74, 6) is -0.882. The Kier molecular flexibility index (Phi) is 4.31. The van der Waals surface area contributed by atoms with Crippen LogP contribution in [-0.4, -0.2) is 60.0 Å². The average molecular weight is 203 g/mol. The van der Waals surface area contributed by atoms with Gasteiger partial charge in [-0.15, -0.1) is 0 Å². The summed E-state index contributed by atoms with van der Waals surface area (Å²) in [6, 6.07) is -0.307. The van der Waals surface area contributed by atoms with Gasteiger partial charge in [0.25, 0.3) is 0 Å². The van der Waals surface area contributed by atoms with Gasteiger partial charge >= 0.3 is 5.97 Å². The predicted molar refractivity (Wildman–Crippen MR) is 50.1 cm³/mol. The van der Waals surface area contributed by atoms with E-state index in [4.69, 9.17) is 14.9 Å². The summed E-state index contributed by atoms with van der Waals surface area (Å²) in [7, 11) is 1.49. The lowest BCUT2D eigenvalue weighted by molar-refractivity contribution is -0.145. The van der Waals surface area contributed by atoms with Gasteiger partial charge in [0.2, 0.25) is 0 Å². The fraction of sp³-hybridized carbons (Fsp3) is 0.889. The molecule has 5 heteroatoms. The van der Waals surface area contributed by atoms with Crippen LogP contribution in [0.5, 0.6) is 0 Å². The first-order valence-electron chi connectivity index (χ1n) is 4.79. The van der Waals surface area contributed by atoms with Gasteiger partial charge < -0.3 is 14.9 Å². The van der Waals surface area contributed by atoms with E-state index in [0.717, 1.165) is 12.8 Å². The van der Waals surface area contributed by atoms with Crippen molar-refractivity contribution in [2.45, 2.75) is 24.9 Å². The molecule has 1 aliphatic carbocycles. The molecule has 5 nitrogen and oxygen atoms in total. The number of nitrogens with zero attached hydrogens (tertiary/aromatic N) is 1. The number of aliphatic hydroxyl groups excluding tert-OH is 1. The second-order valence-corrected chi connectivity index (χ2v) is 3.50. The molecule has 0 amide bonds. The molecule has 0 bridgehead atoms. The molecule has 0 aromatic heterocycles. The molecule has 0 aromatic carbocycles. The van der Waals surface area contributed by atoms with Gasteiger partial charge in [0.1, 0.15) is 6.04 Å². The molecule has 1 saturated carbocycles.